The third-order valence-corrected chi connectivity index (χ3v) is 8.75. The second kappa shape index (κ2) is 10.5. The van der Waals surface area contributed by atoms with Crippen LogP contribution in [-0.4, -0.2) is 45.7 Å². The number of carbonyl (C=O) groups excluding carboxylic acids is 1. The highest BCUT2D eigenvalue weighted by atomic mass is 32.2. The number of amides is 1. The van der Waals surface area contributed by atoms with Crippen molar-refractivity contribution in [3.8, 4) is 17.3 Å². The van der Waals surface area contributed by atoms with Gasteiger partial charge in [0.25, 0.3) is 0 Å². The van der Waals surface area contributed by atoms with Crippen LogP contribution in [0.3, 0.4) is 0 Å². The molecule has 0 spiro atoms. The molecular formula is C28H30N6O4S. The van der Waals surface area contributed by atoms with Crippen molar-refractivity contribution in [1.82, 2.24) is 19.3 Å². The molecule has 0 unspecified atom stereocenters. The van der Waals surface area contributed by atoms with Gasteiger partial charge in [0.1, 0.15) is 18.2 Å². The van der Waals surface area contributed by atoms with Crippen LogP contribution < -0.4 is 5.32 Å². The number of nitrogens with one attached hydrogen (secondary N) is 1. The molecule has 10 nitrogen and oxygen atoms in total. The molecule has 0 saturated heterocycles. The summed E-state index contributed by atoms with van der Waals surface area (Å²) >= 11 is 0. The standard InChI is InChI=1S/C28H30N6O4S/c1-18(2)38-28(35)31-20-9-7-19(8-10-20)27-24(16-29)23-12-11-22(15-25(23)34(27)21-5-4-6-21)39(36,37)14-13-26-32-30-17-33(26)3/h7-12,15,17-18,21H,4-6,13-14H2,1-3H3,(H,31,35). The zero-order chi connectivity index (χ0) is 27.7. The minimum atomic E-state index is -3.61. The second-order valence-corrected chi connectivity index (χ2v) is 12.2. The molecule has 39 heavy (non-hydrogen) atoms. The third-order valence-electron chi connectivity index (χ3n) is 7.03. The molecule has 2 heterocycles. The van der Waals surface area contributed by atoms with Crippen LogP contribution in [0.15, 0.2) is 53.7 Å². The number of hydrogen-bond acceptors (Lipinski definition) is 7. The Labute approximate surface area is 227 Å². The summed E-state index contributed by atoms with van der Waals surface area (Å²) in [6.07, 6.45) is 4.00. The van der Waals surface area contributed by atoms with E-state index in [1.165, 1.54) is 0 Å². The van der Waals surface area contributed by atoms with Gasteiger partial charge in [-0.3, -0.25) is 5.32 Å². The van der Waals surface area contributed by atoms with Crippen molar-refractivity contribution in [2.45, 2.75) is 56.6 Å². The van der Waals surface area contributed by atoms with Crippen LogP contribution in [0.1, 0.15) is 50.5 Å². The minimum Gasteiger partial charge on any atom is -0.447 e. The highest BCUT2D eigenvalue weighted by Gasteiger charge is 2.29. The Morgan fingerprint density at radius 1 is 1.21 bits per heavy atom. The van der Waals surface area contributed by atoms with Gasteiger partial charge in [-0.15, -0.1) is 10.2 Å². The highest BCUT2D eigenvalue weighted by molar-refractivity contribution is 7.91. The number of hydrogen-bond donors (Lipinski definition) is 1. The molecule has 5 rings (SSSR count). The highest BCUT2D eigenvalue weighted by Crippen LogP contribution is 2.43. The summed E-state index contributed by atoms with van der Waals surface area (Å²) < 4.78 is 35.6. The number of ether oxygens (including phenoxy) is 1. The molecule has 0 atom stereocenters. The van der Waals surface area contributed by atoms with Crippen molar-refractivity contribution in [3.05, 3.63) is 60.2 Å². The number of aryl methyl sites for hydroxylation is 2. The van der Waals surface area contributed by atoms with Gasteiger partial charge < -0.3 is 13.9 Å². The number of nitrogens with zero attached hydrogens (tertiary/aromatic N) is 5. The van der Waals surface area contributed by atoms with Crippen molar-refractivity contribution in [2.24, 2.45) is 7.05 Å². The molecule has 0 aliphatic heterocycles. The zero-order valence-electron chi connectivity index (χ0n) is 22.1. The third kappa shape index (κ3) is 5.25. The first-order valence-electron chi connectivity index (χ1n) is 12.9. The van der Waals surface area contributed by atoms with Gasteiger partial charge in [-0.05, 0) is 62.9 Å². The van der Waals surface area contributed by atoms with Crippen LogP contribution >= 0.6 is 0 Å². The maximum Gasteiger partial charge on any atom is 0.411 e. The summed E-state index contributed by atoms with van der Waals surface area (Å²) in [6.45, 7) is 3.56. The number of aromatic nitrogens is 4. The predicted octanol–water partition coefficient (Wildman–Crippen LogP) is 5.01. The van der Waals surface area contributed by atoms with Crippen LogP contribution in [0.4, 0.5) is 10.5 Å². The van der Waals surface area contributed by atoms with Gasteiger partial charge >= 0.3 is 6.09 Å². The Balaban J connectivity index is 1.53. The first-order valence-corrected chi connectivity index (χ1v) is 14.5. The van der Waals surface area contributed by atoms with Crippen molar-refractivity contribution in [3.63, 3.8) is 0 Å². The molecule has 1 aliphatic carbocycles. The van der Waals surface area contributed by atoms with Crippen molar-refractivity contribution >= 4 is 32.5 Å². The summed E-state index contributed by atoms with van der Waals surface area (Å²) in [5.74, 6) is 0.503. The molecule has 2 aromatic heterocycles. The van der Waals surface area contributed by atoms with E-state index in [9.17, 15) is 18.5 Å². The smallest absolute Gasteiger partial charge is 0.411 e. The summed E-state index contributed by atoms with van der Waals surface area (Å²) in [7, 11) is -1.82. The zero-order valence-corrected chi connectivity index (χ0v) is 22.9. The lowest BCUT2D eigenvalue weighted by molar-refractivity contribution is 0.130. The topological polar surface area (TPSA) is 132 Å². The molecule has 0 radical (unpaired) electrons. The van der Waals surface area contributed by atoms with Crippen LogP contribution in [0.5, 0.6) is 0 Å². The second-order valence-electron chi connectivity index (χ2n) is 10.1. The quantitative estimate of drug-likeness (QED) is 0.329. The van der Waals surface area contributed by atoms with Crippen molar-refractivity contribution < 1.29 is 17.9 Å². The number of anilines is 1. The molecule has 1 fully saturated rings. The maximum absolute atomic E-state index is 13.3. The van der Waals surface area contributed by atoms with Gasteiger partial charge in [0.15, 0.2) is 9.84 Å². The summed E-state index contributed by atoms with van der Waals surface area (Å²) in [4.78, 5) is 12.2. The fraction of sp³-hybridized carbons (Fsp3) is 0.357. The van der Waals surface area contributed by atoms with Crippen molar-refractivity contribution in [2.75, 3.05) is 11.1 Å². The van der Waals surface area contributed by atoms with E-state index >= 15 is 0 Å². The normalized spacial score (nSPS) is 13.8. The minimum absolute atomic E-state index is 0.0964. The summed E-state index contributed by atoms with van der Waals surface area (Å²) in [5.41, 5.74) is 3.37. The van der Waals surface area contributed by atoms with E-state index in [4.69, 9.17) is 4.74 Å². The van der Waals surface area contributed by atoms with Crippen LogP contribution in [0, 0.1) is 11.3 Å². The first kappa shape index (κ1) is 26.4. The van der Waals surface area contributed by atoms with E-state index in [1.807, 2.05) is 12.1 Å². The molecule has 1 N–H and O–H groups in total. The Bertz CT molecular complexity index is 1680. The van der Waals surface area contributed by atoms with E-state index in [0.29, 0.717) is 17.1 Å². The molecule has 1 amide bonds. The lowest BCUT2D eigenvalue weighted by Crippen LogP contribution is -2.18. The molecule has 202 valence electrons. The summed E-state index contributed by atoms with van der Waals surface area (Å²) in [5, 5.41) is 21.4. The number of rotatable bonds is 8. The Hall–Kier alpha value is -4.17. The van der Waals surface area contributed by atoms with Gasteiger partial charge in [0.05, 0.1) is 33.5 Å². The Morgan fingerprint density at radius 3 is 2.54 bits per heavy atom. The largest absolute Gasteiger partial charge is 0.447 e. The fourth-order valence-corrected chi connectivity index (χ4v) is 6.11. The van der Waals surface area contributed by atoms with Gasteiger partial charge in [-0.2, -0.15) is 5.26 Å². The van der Waals surface area contributed by atoms with E-state index in [2.05, 4.69) is 26.2 Å². The average molecular weight is 547 g/mol. The van der Waals surface area contributed by atoms with Gasteiger partial charge in [-0.1, -0.05) is 18.2 Å². The Kier molecular flexibility index (Phi) is 7.14. The number of sulfone groups is 1. The Morgan fingerprint density at radius 2 is 1.95 bits per heavy atom. The van der Waals surface area contributed by atoms with Crippen LogP contribution in [0.2, 0.25) is 0 Å². The van der Waals surface area contributed by atoms with E-state index < -0.39 is 15.9 Å². The summed E-state index contributed by atoms with van der Waals surface area (Å²) in [6, 6.07) is 14.8. The lowest BCUT2D eigenvalue weighted by Gasteiger charge is -2.30. The number of carbonyl (C=O) groups is 1. The monoisotopic (exact) mass is 546 g/mol. The number of benzene rings is 2. The average Bonchev–Trinajstić information content (AvgIpc) is 3.42. The predicted molar refractivity (Wildman–Crippen MR) is 147 cm³/mol. The molecule has 4 aromatic rings. The molecule has 2 aromatic carbocycles. The fourth-order valence-electron chi connectivity index (χ4n) is 4.85. The van der Waals surface area contributed by atoms with Gasteiger partial charge in [0.2, 0.25) is 0 Å². The molecular weight excluding hydrogens is 516 g/mol. The lowest BCUT2D eigenvalue weighted by atomic mass is 9.92. The van der Waals surface area contributed by atoms with E-state index in [0.717, 1.165) is 41.4 Å². The van der Waals surface area contributed by atoms with Gasteiger partial charge in [0, 0.05) is 30.6 Å². The number of nitriles is 1. The van der Waals surface area contributed by atoms with E-state index in [-0.39, 0.29) is 29.2 Å². The molecule has 11 heteroatoms. The SMILES string of the molecule is CC(C)OC(=O)Nc1ccc(-c2c(C#N)c3ccc(S(=O)(=O)CCc4nncn4C)cc3n2C2CCC2)cc1. The maximum atomic E-state index is 13.3. The first-order chi connectivity index (χ1) is 18.7. The van der Waals surface area contributed by atoms with Crippen molar-refractivity contribution in [1.29, 1.82) is 5.26 Å². The molecule has 0 bridgehead atoms. The van der Waals surface area contributed by atoms with Crippen LogP contribution in [-0.2, 0) is 28.0 Å². The molecule has 1 aliphatic rings. The number of fused-ring (bicyclic) bond motifs is 1. The van der Waals surface area contributed by atoms with Gasteiger partial charge in [-0.25, -0.2) is 13.2 Å². The van der Waals surface area contributed by atoms with Crippen LogP contribution in [0.25, 0.3) is 22.2 Å². The van der Waals surface area contributed by atoms with E-state index in [1.54, 1.807) is 62.1 Å². The molecule has 1 saturated carbocycles.